The molecule has 0 radical (unpaired) electrons. The lowest BCUT2D eigenvalue weighted by Gasteiger charge is -2.08. The number of aryl methyl sites for hydroxylation is 2. The van der Waals surface area contributed by atoms with Crippen LogP contribution in [0.25, 0.3) is 0 Å². The molecule has 25 heavy (non-hydrogen) atoms. The van der Waals surface area contributed by atoms with E-state index >= 15 is 0 Å². The minimum atomic E-state index is -0.633. The molecule has 0 saturated carbocycles. The Labute approximate surface area is 143 Å². The number of benzene rings is 2. The zero-order chi connectivity index (χ0) is 18.4. The normalized spacial score (nSPS) is 10.6. The number of nitrogens with one attached hydrogen (secondary N) is 1. The predicted molar refractivity (Wildman–Crippen MR) is 89.7 cm³/mol. The highest BCUT2D eigenvalue weighted by Crippen LogP contribution is 2.20. The molecule has 0 spiro atoms. The number of nitro groups is 1. The molecule has 0 aromatic heterocycles. The molecule has 0 fully saturated rings. The van der Waals surface area contributed by atoms with Gasteiger partial charge in [0, 0.05) is 6.07 Å². The van der Waals surface area contributed by atoms with Crippen molar-refractivity contribution in [2.45, 2.75) is 13.8 Å². The van der Waals surface area contributed by atoms with Crippen molar-refractivity contribution in [3.05, 3.63) is 63.2 Å². The largest absolute Gasteiger partial charge is 0.872 e. The second-order valence-corrected chi connectivity index (χ2v) is 5.33. The zero-order valence-corrected chi connectivity index (χ0v) is 13.7. The molecule has 0 heterocycles. The van der Waals surface area contributed by atoms with Gasteiger partial charge in [-0.15, -0.1) is 5.75 Å². The van der Waals surface area contributed by atoms with E-state index in [1.165, 1.54) is 0 Å². The van der Waals surface area contributed by atoms with Crippen LogP contribution in [0, 0.1) is 24.0 Å². The molecule has 8 nitrogen and oxygen atoms in total. The van der Waals surface area contributed by atoms with Crippen LogP contribution in [-0.2, 0) is 4.79 Å². The Morgan fingerprint density at radius 1 is 1.28 bits per heavy atom. The molecular weight excluding hydrogens is 326 g/mol. The van der Waals surface area contributed by atoms with Gasteiger partial charge in [0.25, 0.3) is 11.6 Å². The number of hydrogen-bond acceptors (Lipinski definition) is 6. The fourth-order valence-corrected chi connectivity index (χ4v) is 2.11. The molecule has 0 aliphatic rings. The van der Waals surface area contributed by atoms with E-state index in [2.05, 4.69) is 10.5 Å². The molecular formula is C17H16N3O5-. The summed E-state index contributed by atoms with van der Waals surface area (Å²) >= 11 is 0. The van der Waals surface area contributed by atoms with Gasteiger partial charge in [-0.05, 0) is 25.5 Å². The third kappa shape index (κ3) is 5.03. The monoisotopic (exact) mass is 342 g/mol. The van der Waals surface area contributed by atoms with Gasteiger partial charge in [0.1, 0.15) is 5.75 Å². The Morgan fingerprint density at radius 3 is 2.72 bits per heavy atom. The summed E-state index contributed by atoms with van der Waals surface area (Å²) in [5.41, 5.74) is 3.92. The molecule has 0 bridgehead atoms. The Morgan fingerprint density at radius 2 is 2.04 bits per heavy atom. The van der Waals surface area contributed by atoms with Crippen molar-refractivity contribution in [1.29, 1.82) is 0 Å². The van der Waals surface area contributed by atoms with Crippen molar-refractivity contribution in [1.82, 2.24) is 5.43 Å². The molecule has 0 unspecified atom stereocenters. The van der Waals surface area contributed by atoms with E-state index in [0.29, 0.717) is 5.75 Å². The Kier molecular flexibility index (Phi) is 5.67. The number of ether oxygens (including phenoxy) is 1. The lowest BCUT2D eigenvalue weighted by Crippen LogP contribution is -2.24. The first kappa shape index (κ1) is 17.9. The van der Waals surface area contributed by atoms with Gasteiger partial charge in [-0.25, -0.2) is 5.43 Å². The average molecular weight is 342 g/mol. The number of amides is 1. The lowest BCUT2D eigenvalue weighted by molar-refractivity contribution is -0.385. The Bertz CT molecular complexity index is 833. The highest BCUT2D eigenvalue weighted by Gasteiger charge is 2.11. The van der Waals surface area contributed by atoms with Crippen LogP contribution >= 0.6 is 0 Å². The number of hydrogen-bond donors (Lipinski definition) is 1. The van der Waals surface area contributed by atoms with Gasteiger partial charge in [-0.2, -0.15) is 5.10 Å². The van der Waals surface area contributed by atoms with Crippen molar-refractivity contribution in [2.75, 3.05) is 6.61 Å². The minimum absolute atomic E-state index is 0.00750. The third-order valence-corrected chi connectivity index (χ3v) is 3.28. The Balaban J connectivity index is 1.95. The summed E-state index contributed by atoms with van der Waals surface area (Å²) in [6, 6.07) is 8.82. The summed E-state index contributed by atoms with van der Waals surface area (Å²) in [5.74, 6) is -0.340. The lowest BCUT2D eigenvalue weighted by atomic mass is 10.1. The third-order valence-electron chi connectivity index (χ3n) is 3.28. The van der Waals surface area contributed by atoms with Gasteiger partial charge >= 0.3 is 0 Å². The molecule has 2 rings (SSSR count). The fraction of sp³-hybridized carbons (Fsp3) is 0.176. The molecule has 0 aliphatic carbocycles. The molecule has 2 aromatic carbocycles. The average Bonchev–Trinajstić information content (AvgIpc) is 2.54. The van der Waals surface area contributed by atoms with Crippen molar-refractivity contribution in [3.8, 4) is 11.5 Å². The van der Waals surface area contributed by atoms with Gasteiger partial charge in [0.2, 0.25) is 0 Å². The van der Waals surface area contributed by atoms with Crippen LogP contribution in [0.3, 0.4) is 0 Å². The minimum Gasteiger partial charge on any atom is -0.872 e. The van der Waals surface area contributed by atoms with Crippen molar-refractivity contribution < 1.29 is 19.6 Å². The molecule has 1 amide bonds. The van der Waals surface area contributed by atoms with Crippen molar-refractivity contribution >= 4 is 17.8 Å². The second-order valence-electron chi connectivity index (χ2n) is 5.33. The highest BCUT2D eigenvalue weighted by molar-refractivity contribution is 5.87. The van der Waals surface area contributed by atoms with E-state index in [1.54, 1.807) is 6.07 Å². The van der Waals surface area contributed by atoms with E-state index in [-0.39, 0.29) is 17.9 Å². The van der Waals surface area contributed by atoms with Crippen LogP contribution in [0.4, 0.5) is 5.69 Å². The zero-order valence-electron chi connectivity index (χ0n) is 13.7. The van der Waals surface area contributed by atoms with Crippen LogP contribution in [0.15, 0.2) is 41.5 Å². The summed E-state index contributed by atoms with van der Waals surface area (Å²) < 4.78 is 5.39. The molecule has 1 N–H and O–H groups in total. The van der Waals surface area contributed by atoms with Gasteiger partial charge in [-0.3, -0.25) is 14.9 Å². The number of carbonyl (C=O) groups is 1. The molecule has 8 heteroatoms. The maximum atomic E-state index is 11.7. The van der Waals surface area contributed by atoms with E-state index in [1.807, 2.05) is 26.0 Å². The maximum absolute atomic E-state index is 11.7. The number of nitrogens with zero attached hydrogens (tertiary/aromatic N) is 2. The summed E-state index contributed by atoms with van der Waals surface area (Å²) in [4.78, 5) is 22.0. The first-order valence-corrected chi connectivity index (χ1v) is 7.34. The van der Waals surface area contributed by atoms with Crippen molar-refractivity contribution in [2.24, 2.45) is 5.10 Å². The van der Waals surface area contributed by atoms with E-state index in [4.69, 9.17) is 4.74 Å². The maximum Gasteiger partial charge on any atom is 0.278 e. The van der Waals surface area contributed by atoms with Crippen LogP contribution in [0.5, 0.6) is 11.5 Å². The smallest absolute Gasteiger partial charge is 0.278 e. The molecule has 130 valence electrons. The van der Waals surface area contributed by atoms with E-state index in [9.17, 15) is 20.0 Å². The van der Waals surface area contributed by atoms with Gasteiger partial charge in [-0.1, -0.05) is 29.8 Å². The second kappa shape index (κ2) is 7.91. The van der Waals surface area contributed by atoms with Gasteiger partial charge < -0.3 is 9.84 Å². The predicted octanol–water partition coefficient (Wildman–Crippen LogP) is 1.81. The number of hydrazone groups is 1. The van der Waals surface area contributed by atoms with Crippen LogP contribution in [0.1, 0.15) is 16.7 Å². The summed E-state index contributed by atoms with van der Waals surface area (Å²) in [5, 5.41) is 25.8. The fourth-order valence-electron chi connectivity index (χ4n) is 2.11. The van der Waals surface area contributed by atoms with Crippen molar-refractivity contribution in [3.63, 3.8) is 0 Å². The summed E-state index contributed by atoms with van der Waals surface area (Å²) in [6.45, 7) is 3.56. The van der Waals surface area contributed by atoms with Gasteiger partial charge in [0.15, 0.2) is 6.61 Å². The quantitative estimate of drug-likeness (QED) is 0.488. The highest BCUT2D eigenvalue weighted by atomic mass is 16.6. The molecule has 0 atom stereocenters. The SMILES string of the molecule is Cc1ccc(OCC(=O)N/N=C/c2cc([O-])ccc2[N+](=O)[O-])c(C)c1. The topological polar surface area (TPSA) is 117 Å². The van der Waals surface area contributed by atoms with Crippen LogP contribution in [0.2, 0.25) is 0 Å². The first-order chi connectivity index (χ1) is 11.9. The summed E-state index contributed by atoms with van der Waals surface area (Å²) in [7, 11) is 0. The number of rotatable bonds is 6. The number of carbonyl (C=O) groups excluding carboxylic acids is 1. The van der Waals surface area contributed by atoms with Crippen LogP contribution in [-0.4, -0.2) is 23.7 Å². The van der Waals surface area contributed by atoms with E-state index in [0.717, 1.165) is 35.5 Å². The first-order valence-electron chi connectivity index (χ1n) is 7.34. The standard InChI is InChI=1S/C17H17N3O5/c1-11-3-6-16(12(2)7-11)25-10-17(22)19-18-9-13-8-14(21)4-5-15(13)20(23)24/h3-9,21H,10H2,1-2H3,(H,19,22)/p-1/b18-9+. The molecule has 2 aromatic rings. The molecule has 0 saturated heterocycles. The molecule has 0 aliphatic heterocycles. The number of nitro benzene ring substituents is 1. The van der Waals surface area contributed by atoms with Crippen LogP contribution < -0.4 is 15.3 Å². The van der Waals surface area contributed by atoms with Gasteiger partial charge in [0.05, 0.1) is 16.7 Å². The Hall–Kier alpha value is -3.42. The van der Waals surface area contributed by atoms with E-state index < -0.39 is 16.6 Å². The summed E-state index contributed by atoms with van der Waals surface area (Å²) in [6.07, 6.45) is 1.05.